The highest BCUT2D eigenvalue weighted by Crippen LogP contribution is 2.34. The summed E-state index contributed by atoms with van der Waals surface area (Å²) in [5.41, 5.74) is 2.09. The molecule has 2 aromatic rings. The van der Waals surface area contributed by atoms with Crippen LogP contribution in [0.15, 0.2) is 12.1 Å². The Morgan fingerprint density at radius 1 is 1.32 bits per heavy atom. The van der Waals surface area contributed by atoms with Crippen LogP contribution in [0.5, 0.6) is 0 Å². The molecule has 0 radical (unpaired) electrons. The second kappa shape index (κ2) is 4.99. The van der Waals surface area contributed by atoms with Crippen LogP contribution >= 0.6 is 23.2 Å². The lowest BCUT2D eigenvalue weighted by Gasteiger charge is -2.15. The van der Waals surface area contributed by atoms with Crippen LogP contribution < -0.4 is 0 Å². The van der Waals surface area contributed by atoms with Crippen molar-refractivity contribution in [1.29, 1.82) is 0 Å². The molecule has 3 nitrogen and oxygen atoms in total. The van der Waals surface area contributed by atoms with Gasteiger partial charge in [0.15, 0.2) is 0 Å². The van der Waals surface area contributed by atoms with Crippen molar-refractivity contribution in [2.75, 3.05) is 0 Å². The molecular formula is C14H13Cl2NO2. The SMILES string of the molecule is Cc1c(C(C)C)nc2c(Cl)c(Cl)ccc2c1C(=O)O. The Balaban J connectivity index is 3.00. The van der Waals surface area contributed by atoms with Crippen LogP contribution in [0.3, 0.4) is 0 Å². The fourth-order valence-electron chi connectivity index (χ4n) is 2.22. The van der Waals surface area contributed by atoms with Crippen LogP contribution in [0, 0.1) is 6.92 Å². The summed E-state index contributed by atoms with van der Waals surface area (Å²) in [6.07, 6.45) is 0. The number of hydrogen-bond donors (Lipinski definition) is 1. The lowest BCUT2D eigenvalue weighted by molar-refractivity contribution is 0.0698. The fraction of sp³-hybridized carbons (Fsp3) is 0.286. The van der Waals surface area contributed by atoms with E-state index in [-0.39, 0.29) is 11.5 Å². The van der Waals surface area contributed by atoms with Gasteiger partial charge in [0, 0.05) is 11.1 Å². The maximum atomic E-state index is 11.5. The van der Waals surface area contributed by atoms with E-state index in [1.54, 1.807) is 19.1 Å². The first kappa shape index (κ1) is 14.1. The van der Waals surface area contributed by atoms with Gasteiger partial charge in [-0.1, -0.05) is 43.1 Å². The summed E-state index contributed by atoms with van der Waals surface area (Å²) < 4.78 is 0. The van der Waals surface area contributed by atoms with Gasteiger partial charge in [-0.3, -0.25) is 4.98 Å². The maximum Gasteiger partial charge on any atom is 0.336 e. The molecule has 0 aliphatic carbocycles. The Morgan fingerprint density at radius 3 is 2.47 bits per heavy atom. The smallest absolute Gasteiger partial charge is 0.336 e. The number of hydrogen-bond acceptors (Lipinski definition) is 2. The molecule has 0 aliphatic rings. The highest BCUT2D eigenvalue weighted by Gasteiger charge is 2.20. The van der Waals surface area contributed by atoms with Crippen molar-refractivity contribution in [2.24, 2.45) is 0 Å². The van der Waals surface area contributed by atoms with E-state index in [9.17, 15) is 9.90 Å². The van der Waals surface area contributed by atoms with Gasteiger partial charge in [-0.2, -0.15) is 0 Å². The van der Waals surface area contributed by atoms with Gasteiger partial charge in [0.05, 0.1) is 21.1 Å². The van der Waals surface area contributed by atoms with E-state index >= 15 is 0 Å². The van der Waals surface area contributed by atoms with Crippen LogP contribution in [0.4, 0.5) is 0 Å². The van der Waals surface area contributed by atoms with Crippen molar-refractivity contribution < 1.29 is 9.90 Å². The molecule has 1 aromatic heterocycles. The predicted octanol–water partition coefficient (Wildman–Crippen LogP) is 4.67. The highest BCUT2D eigenvalue weighted by atomic mass is 35.5. The van der Waals surface area contributed by atoms with Crippen molar-refractivity contribution in [3.8, 4) is 0 Å². The zero-order chi connectivity index (χ0) is 14.3. The van der Waals surface area contributed by atoms with Crippen molar-refractivity contribution >= 4 is 40.1 Å². The maximum absolute atomic E-state index is 11.5. The molecule has 0 unspecified atom stereocenters. The zero-order valence-corrected chi connectivity index (χ0v) is 12.3. The Kier molecular flexibility index (Phi) is 3.70. The number of rotatable bonds is 2. The molecule has 0 fully saturated rings. The lowest BCUT2D eigenvalue weighted by Crippen LogP contribution is -2.08. The summed E-state index contributed by atoms with van der Waals surface area (Å²) in [5, 5.41) is 10.6. The van der Waals surface area contributed by atoms with Crippen molar-refractivity contribution in [3.63, 3.8) is 0 Å². The molecule has 0 bridgehead atoms. The van der Waals surface area contributed by atoms with E-state index < -0.39 is 5.97 Å². The molecule has 2 rings (SSSR count). The fourth-order valence-corrected chi connectivity index (χ4v) is 2.58. The average molecular weight is 298 g/mol. The van der Waals surface area contributed by atoms with Crippen LogP contribution in [0.1, 0.15) is 41.4 Å². The molecule has 0 saturated carbocycles. The normalized spacial score (nSPS) is 11.3. The average Bonchev–Trinajstić information content (AvgIpc) is 2.32. The van der Waals surface area contributed by atoms with Gasteiger partial charge in [0.2, 0.25) is 0 Å². The minimum atomic E-state index is -0.981. The first-order chi connectivity index (χ1) is 8.84. The number of aromatic nitrogens is 1. The van der Waals surface area contributed by atoms with Crippen molar-refractivity contribution in [3.05, 3.63) is 39.0 Å². The van der Waals surface area contributed by atoms with Crippen LogP contribution in [-0.2, 0) is 0 Å². The number of aromatic carboxylic acids is 1. The molecule has 1 N–H and O–H groups in total. The summed E-state index contributed by atoms with van der Waals surface area (Å²) in [6.45, 7) is 5.70. The number of carbonyl (C=O) groups is 1. The van der Waals surface area contributed by atoms with Gasteiger partial charge in [0.25, 0.3) is 0 Å². The van der Waals surface area contributed by atoms with Gasteiger partial charge in [0.1, 0.15) is 0 Å². The second-order valence-corrected chi connectivity index (χ2v) is 5.50. The quantitative estimate of drug-likeness (QED) is 0.876. The lowest BCUT2D eigenvalue weighted by atomic mass is 9.96. The Labute approximate surface area is 121 Å². The van der Waals surface area contributed by atoms with Crippen LogP contribution in [-0.4, -0.2) is 16.1 Å². The largest absolute Gasteiger partial charge is 0.478 e. The molecule has 19 heavy (non-hydrogen) atoms. The van der Waals surface area contributed by atoms with E-state index in [1.165, 1.54) is 0 Å². The van der Waals surface area contributed by atoms with Gasteiger partial charge in [-0.25, -0.2) is 4.79 Å². The number of fused-ring (bicyclic) bond motifs is 1. The van der Waals surface area contributed by atoms with Crippen LogP contribution in [0.2, 0.25) is 10.0 Å². The summed E-state index contributed by atoms with van der Waals surface area (Å²) in [6, 6.07) is 3.24. The number of nitrogens with zero attached hydrogens (tertiary/aromatic N) is 1. The first-order valence-electron chi connectivity index (χ1n) is 5.86. The van der Waals surface area contributed by atoms with E-state index in [2.05, 4.69) is 4.98 Å². The summed E-state index contributed by atoms with van der Waals surface area (Å²) in [7, 11) is 0. The van der Waals surface area contributed by atoms with Gasteiger partial charge < -0.3 is 5.11 Å². The van der Waals surface area contributed by atoms with Crippen molar-refractivity contribution in [2.45, 2.75) is 26.7 Å². The molecule has 1 aromatic carbocycles. The number of pyridine rings is 1. The number of halogens is 2. The molecule has 0 spiro atoms. The molecule has 0 aliphatic heterocycles. The minimum absolute atomic E-state index is 0.109. The Morgan fingerprint density at radius 2 is 1.95 bits per heavy atom. The van der Waals surface area contributed by atoms with E-state index in [4.69, 9.17) is 23.2 Å². The monoisotopic (exact) mass is 297 g/mol. The third-order valence-corrected chi connectivity index (χ3v) is 3.88. The van der Waals surface area contributed by atoms with E-state index in [0.29, 0.717) is 26.5 Å². The van der Waals surface area contributed by atoms with E-state index in [0.717, 1.165) is 5.69 Å². The Hall–Kier alpha value is -1.32. The third kappa shape index (κ3) is 2.28. The van der Waals surface area contributed by atoms with Crippen LogP contribution in [0.25, 0.3) is 10.9 Å². The zero-order valence-electron chi connectivity index (χ0n) is 10.8. The summed E-state index contributed by atoms with van der Waals surface area (Å²) >= 11 is 12.1. The Bertz CT molecular complexity index is 681. The molecule has 0 saturated heterocycles. The predicted molar refractivity (Wildman–Crippen MR) is 77.5 cm³/mol. The number of benzene rings is 1. The third-order valence-electron chi connectivity index (χ3n) is 3.09. The van der Waals surface area contributed by atoms with Gasteiger partial charge in [-0.05, 0) is 24.5 Å². The van der Waals surface area contributed by atoms with Gasteiger partial charge in [-0.15, -0.1) is 0 Å². The molecule has 1 heterocycles. The number of carboxylic acids is 1. The highest BCUT2D eigenvalue weighted by molar-refractivity contribution is 6.45. The van der Waals surface area contributed by atoms with Crippen molar-refractivity contribution in [1.82, 2.24) is 4.98 Å². The molecule has 5 heteroatoms. The topological polar surface area (TPSA) is 50.2 Å². The van der Waals surface area contributed by atoms with Gasteiger partial charge >= 0.3 is 5.97 Å². The first-order valence-corrected chi connectivity index (χ1v) is 6.61. The molecule has 0 atom stereocenters. The van der Waals surface area contributed by atoms with E-state index in [1.807, 2.05) is 13.8 Å². The number of carboxylic acid groups (broad SMARTS) is 1. The summed E-state index contributed by atoms with van der Waals surface area (Å²) in [5.74, 6) is -0.872. The standard InChI is InChI=1S/C14H13Cl2NO2/c1-6(2)12-7(3)10(14(18)19)8-4-5-9(15)11(16)13(8)17-12/h4-6H,1-3H3,(H,18,19). The molecular weight excluding hydrogens is 285 g/mol. The summed E-state index contributed by atoms with van der Waals surface area (Å²) in [4.78, 5) is 16.0. The minimum Gasteiger partial charge on any atom is -0.478 e. The molecule has 100 valence electrons. The second-order valence-electron chi connectivity index (χ2n) is 4.71. The molecule has 0 amide bonds.